The van der Waals surface area contributed by atoms with Crippen molar-refractivity contribution in [2.45, 2.75) is 19.9 Å². The summed E-state index contributed by atoms with van der Waals surface area (Å²) in [5, 5.41) is 8.77. The van der Waals surface area contributed by atoms with Crippen LogP contribution in [0.15, 0.2) is 26.4 Å². The number of nitrogens with one attached hydrogen (secondary N) is 1. The minimum Gasteiger partial charge on any atom is -0.444 e. The first-order valence-electron chi connectivity index (χ1n) is 5.21. The van der Waals surface area contributed by atoms with E-state index in [4.69, 9.17) is 9.68 Å². The molecule has 0 saturated carbocycles. The number of hydrogen-bond donors (Lipinski definition) is 1. The molecular formula is C11H10N4O3. The van der Waals surface area contributed by atoms with E-state index in [1.165, 1.54) is 17.0 Å². The van der Waals surface area contributed by atoms with Gasteiger partial charge in [0.15, 0.2) is 0 Å². The van der Waals surface area contributed by atoms with E-state index in [1.807, 2.05) is 0 Å². The van der Waals surface area contributed by atoms with Crippen LogP contribution in [0.4, 0.5) is 0 Å². The summed E-state index contributed by atoms with van der Waals surface area (Å²) >= 11 is 0. The summed E-state index contributed by atoms with van der Waals surface area (Å²) in [6.45, 7) is 3.42. The SMILES string of the molecule is Cc1cnc(C(C)n2cc(C#N)c(=O)[nH]c2=O)o1. The second kappa shape index (κ2) is 4.33. The van der Waals surface area contributed by atoms with Crippen molar-refractivity contribution in [2.75, 3.05) is 0 Å². The van der Waals surface area contributed by atoms with Crippen molar-refractivity contribution in [3.05, 3.63) is 50.4 Å². The van der Waals surface area contributed by atoms with E-state index >= 15 is 0 Å². The first-order valence-corrected chi connectivity index (χ1v) is 5.21. The van der Waals surface area contributed by atoms with Crippen LogP contribution in [0.25, 0.3) is 0 Å². The standard InChI is InChI=1S/C11H10N4O3/c1-6-4-13-10(18-6)7(2)15-5-8(3-12)9(16)14-11(15)17/h4-5,7H,1-2H3,(H,14,16,17). The molecule has 0 bridgehead atoms. The average Bonchev–Trinajstić information content (AvgIpc) is 2.75. The molecular weight excluding hydrogens is 236 g/mol. The molecule has 92 valence electrons. The van der Waals surface area contributed by atoms with Gasteiger partial charge >= 0.3 is 5.69 Å². The highest BCUT2D eigenvalue weighted by Gasteiger charge is 2.16. The minimum atomic E-state index is -0.700. The molecule has 0 aliphatic rings. The van der Waals surface area contributed by atoms with E-state index in [0.29, 0.717) is 11.7 Å². The van der Waals surface area contributed by atoms with Crippen molar-refractivity contribution in [2.24, 2.45) is 0 Å². The molecule has 18 heavy (non-hydrogen) atoms. The predicted octanol–water partition coefficient (Wildman–Crippen LogP) is 0.314. The lowest BCUT2D eigenvalue weighted by Gasteiger charge is -2.10. The molecule has 7 nitrogen and oxygen atoms in total. The van der Waals surface area contributed by atoms with Crippen molar-refractivity contribution >= 4 is 0 Å². The fourth-order valence-corrected chi connectivity index (χ4v) is 1.54. The molecule has 0 amide bonds. The quantitative estimate of drug-likeness (QED) is 0.821. The number of hydrogen-bond acceptors (Lipinski definition) is 5. The van der Waals surface area contributed by atoms with Gasteiger partial charge in [0.25, 0.3) is 5.56 Å². The van der Waals surface area contributed by atoms with Gasteiger partial charge < -0.3 is 4.42 Å². The number of nitriles is 1. The molecule has 0 aliphatic carbocycles. The van der Waals surface area contributed by atoms with Gasteiger partial charge in [0.05, 0.1) is 6.20 Å². The molecule has 2 aromatic heterocycles. The summed E-state index contributed by atoms with van der Waals surface area (Å²) in [6.07, 6.45) is 2.74. The molecule has 7 heteroatoms. The fourth-order valence-electron chi connectivity index (χ4n) is 1.54. The van der Waals surface area contributed by atoms with Crippen LogP contribution in [0.5, 0.6) is 0 Å². The van der Waals surface area contributed by atoms with Gasteiger partial charge in [-0.15, -0.1) is 0 Å². The van der Waals surface area contributed by atoms with Gasteiger partial charge in [0, 0.05) is 6.20 Å². The zero-order chi connectivity index (χ0) is 13.3. The van der Waals surface area contributed by atoms with Crippen LogP contribution >= 0.6 is 0 Å². The third-order valence-corrected chi connectivity index (χ3v) is 2.50. The summed E-state index contributed by atoms with van der Waals surface area (Å²) in [6, 6.07) is 1.22. The van der Waals surface area contributed by atoms with E-state index in [1.54, 1.807) is 19.9 Å². The van der Waals surface area contributed by atoms with Crippen molar-refractivity contribution in [1.29, 1.82) is 5.26 Å². The third kappa shape index (κ3) is 1.96. The molecule has 0 spiro atoms. The fraction of sp³-hybridized carbons (Fsp3) is 0.273. The summed E-state index contributed by atoms with van der Waals surface area (Å²) in [5.41, 5.74) is -1.44. The highest BCUT2D eigenvalue weighted by atomic mass is 16.4. The van der Waals surface area contributed by atoms with Crippen LogP contribution in [-0.2, 0) is 0 Å². The lowest BCUT2D eigenvalue weighted by atomic mass is 10.3. The number of nitrogens with zero attached hydrogens (tertiary/aromatic N) is 3. The number of oxazole rings is 1. The van der Waals surface area contributed by atoms with Crippen LogP contribution in [0.2, 0.25) is 0 Å². The first-order chi connectivity index (χ1) is 8.52. The van der Waals surface area contributed by atoms with Crippen molar-refractivity contribution in [3.8, 4) is 6.07 Å². The molecule has 1 N–H and O–H groups in total. The summed E-state index contributed by atoms with van der Waals surface area (Å²) in [4.78, 5) is 29.0. The van der Waals surface area contributed by atoms with Gasteiger partial charge in [-0.2, -0.15) is 5.26 Å². The Morgan fingerprint density at radius 3 is 2.83 bits per heavy atom. The van der Waals surface area contributed by atoms with E-state index in [0.717, 1.165) is 0 Å². The second-order valence-corrected chi connectivity index (χ2v) is 3.81. The largest absolute Gasteiger partial charge is 0.444 e. The molecule has 0 fully saturated rings. The van der Waals surface area contributed by atoms with E-state index < -0.39 is 17.3 Å². The van der Waals surface area contributed by atoms with E-state index in [9.17, 15) is 9.59 Å². The molecule has 2 rings (SSSR count). The Labute approximate surface area is 101 Å². The van der Waals surface area contributed by atoms with Crippen LogP contribution in [-0.4, -0.2) is 14.5 Å². The smallest absolute Gasteiger partial charge is 0.329 e. The summed E-state index contributed by atoms with van der Waals surface area (Å²) in [5.74, 6) is 0.959. The molecule has 0 aliphatic heterocycles. The second-order valence-electron chi connectivity index (χ2n) is 3.81. The van der Waals surface area contributed by atoms with Gasteiger partial charge in [-0.05, 0) is 13.8 Å². The van der Waals surface area contributed by atoms with Gasteiger partial charge in [-0.3, -0.25) is 14.3 Å². The highest BCUT2D eigenvalue weighted by molar-refractivity contribution is 5.22. The lowest BCUT2D eigenvalue weighted by molar-refractivity contribution is 0.407. The zero-order valence-corrected chi connectivity index (χ0v) is 9.80. The van der Waals surface area contributed by atoms with Gasteiger partial charge in [0.2, 0.25) is 5.89 Å². The number of H-pyrrole nitrogens is 1. The van der Waals surface area contributed by atoms with Gasteiger partial charge in [-0.25, -0.2) is 9.78 Å². The van der Waals surface area contributed by atoms with Crippen molar-refractivity contribution < 1.29 is 4.42 Å². The van der Waals surface area contributed by atoms with Crippen LogP contribution in [0, 0.1) is 18.3 Å². The average molecular weight is 246 g/mol. The summed E-state index contributed by atoms with van der Waals surface area (Å²) in [7, 11) is 0. The maximum absolute atomic E-state index is 11.7. The topological polar surface area (TPSA) is 105 Å². The highest BCUT2D eigenvalue weighted by Crippen LogP contribution is 2.15. The number of rotatable bonds is 2. The molecule has 0 saturated heterocycles. The van der Waals surface area contributed by atoms with E-state index in [-0.39, 0.29) is 5.56 Å². The Kier molecular flexibility index (Phi) is 2.85. The molecule has 1 unspecified atom stereocenters. The molecule has 2 aromatic rings. The predicted molar refractivity (Wildman–Crippen MR) is 61.1 cm³/mol. The number of aromatic nitrogens is 3. The summed E-state index contributed by atoms with van der Waals surface area (Å²) < 4.78 is 6.51. The third-order valence-electron chi connectivity index (χ3n) is 2.50. The van der Waals surface area contributed by atoms with Gasteiger partial charge in [0.1, 0.15) is 23.4 Å². The van der Waals surface area contributed by atoms with Crippen molar-refractivity contribution in [1.82, 2.24) is 14.5 Å². The Morgan fingerprint density at radius 1 is 1.56 bits per heavy atom. The Morgan fingerprint density at radius 2 is 2.28 bits per heavy atom. The van der Waals surface area contributed by atoms with Crippen LogP contribution < -0.4 is 11.2 Å². The van der Waals surface area contributed by atoms with E-state index in [2.05, 4.69) is 9.97 Å². The Balaban J connectivity index is 2.55. The maximum Gasteiger partial charge on any atom is 0.329 e. The van der Waals surface area contributed by atoms with Crippen LogP contribution in [0.3, 0.4) is 0 Å². The van der Waals surface area contributed by atoms with Crippen LogP contribution in [0.1, 0.15) is 30.2 Å². The Bertz CT molecular complexity index is 732. The maximum atomic E-state index is 11.7. The first kappa shape index (κ1) is 11.9. The number of aryl methyl sites for hydroxylation is 1. The minimum absolute atomic E-state index is 0.135. The lowest BCUT2D eigenvalue weighted by Crippen LogP contribution is -2.33. The monoisotopic (exact) mass is 246 g/mol. The molecule has 2 heterocycles. The van der Waals surface area contributed by atoms with Gasteiger partial charge in [-0.1, -0.05) is 0 Å². The number of aromatic amines is 1. The Hall–Kier alpha value is -2.62. The normalized spacial score (nSPS) is 12.1. The van der Waals surface area contributed by atoms with Crippen molar-refractivity contribution in [3.63, 3.8) is 0 Å². The molecule has 1 atom stereocenters. The molecule has 0 radical (unpaired) electrons. The molecule has 0 aromatic carbocycles. The zero-order valence-electron chi connectivity index (χ0n) is 9.80.